The number of unbranched alkanes of at least 4 members (excludes halogenated alkanes) is 34. The first kappa shape index (κ1) is 73.7. The van der Waals surface area contributed by atoms with Gasteiger partial charge in [-0.3, -0.25) is 18.6 Å². The Hall–Kier alpha value is -2.29. The predicted molar refractivity (Wildman–Crippen MR) is 328 cm³/mol. The predicted octanol–water partition coefficient (Wildman–Crippen LogP) is 19.8. The van der Waals surface area contributed by atoms with Crippen LogP contribution in [0, 0.1) is 0 Å². The third kappa shape index (κ3) is 56.4. The topological polar surface area (TPSA) is 111 Å². The first-order valence-electron chi connectivity index (χ1n) is 32.1. The van der Waals surface area contributed by atoms with E-state index in [0.29, 0.717) is 17.4 Å². The highest BCUT2D eigenvalue weighted by atomic mass is 31.2. The van der Waals surface area contributed by atoms with Gasteiger partial charge in [-0.15, -0.1) is 0 Å². The minimum atomic E-state index is -4.45. The van der Waals surface area contributed by atoms with E-state index >= 15 is 0 Å². The van der Waals surface area contributed by atoms with Crippen molar-refractivity contribution in [2.24, 2.45) is 0 Å². The number of phosphoric ester groups is 1. The van der Waals surface area contributed by atoms with Gasteiger partial charge in [0.15, 0.2) is 0 Å². The lowest BCUT2D eigenvalue weighted by molar-refractivity contribution is -0.870. The number of carbonyl (C=O) groups excluding carboxylic acids is 2. The summed E-state index contributed by atoms with van der Waals surface area (Å²) in [5.41, 5.74) is 0. The zero-order valence-electron chi connectivity index (χ0n) is 50.7. The number of hydrogen-bond acceptors (Lipinski definition) is 6. The van der Waals surface area contributed by atoms with Crippen LogP contribution in [0.1, 0.15) is 297 Å². The molecule has 0 aromatic heterocycles. The van der Waals surface area contributed by atoms with E-state index in [1.807, 2.05) is 33.3 Å². The maximum absolute atomic E-state index is 13.6. The van der Waals surface area contributed by atoms with Gasteiger partial charge >= 0.3 is 13.8 Å². The van der Waals surface area contributed by atoms with Gasteiger partial charge in [-0.1, -0.05) is 249 Å². The van der Waals surface area contributed by atoms with Crippen molar-refractivity contribution in [3.63, 3.8) is 0 Å². The van der Waals surface area contributed by atoms with Gasteiger partial charge in [0.25, 0.3) is 0 Å². The highest BCUT2D eigenvalue weighted by molar-refractivity contribution is 7.47. The molecule has 0 saturated carbocycles. The molecule has 9 nitrogen and oxygen atoms in total. The van der Waals surface area contributed by atoms with Crippen molar-refractivity contribution in [2.75, 3.05) is 40.9 Å². The molecule has 0 aliphatic heterocycles. The molecule has 3 atom stereocenters. The molecule has 0 aromatic carbocycles. The molecule has 0 aliphatic carbocycles. The summed E-state index contributed by atoms with van der Waals surface area (Å²) in [6.07, 6.45) is 70.7. The largest absolute Gasteiger partial charge is 0.472 e. The van der Waals surface area contributed by atoms with Gasteiger partial charge in [-0.05, 0) is 96.0 Å². The van der Waals surface area contributed by atoms with E-state index in [1.165, 1.54) is 180 Å². The highest BCUT2D eigenvalue weighted by Crippen LogP contribution is 2.43. The molecule has 2 N–H and O–H groups in total. The number of amides is 1. The quantitative estimate of drug-likeness (QED) is 0.0205. The second-order valence-corrected chi connectivity index (χ2v) is 24.4. The molecule has 0 heterocycles. The van der Waals surface area contributed by atoms with E-state index in [-0.39, 0.29) is 31.5 Å². The number of carbonyl (C=O) groups is 2. The third-order valence-electron chi connectivity index (χ3n) is 14.2. The fraction of sp³-hybridized carbons (Fsp3) is 0.818. The Bertz CT molecular complexity index is 1490. The summed E-state index contributed by atoms with van der Waals surface area (Å²) in [5, 5.41) is 3.06. The van der Waals surface area contributed by atoms with Crippen LogP contribution in [0.2, 0.25) is 0 Å². The Morgan fingerprint density at radius 3 is 1.24 bits per heavy atom. The van der Waals surface area contributed by atoms with E-state index in [2.05, 4.69) is 74.7 Å². The van der Waals surface area contributed by atoms with Crippen LogP contribution in [0.15, 0.2) is 60.8 Å². The molecule has 0 aromatic rings. The van der Waals surface area contributed by atoms with Crippen molar-refractivity contribution in [2.45, 2.75) is 309 Å². The maximum atomic E-state index is 13.6. The number of phosphoric acid groups is 1. The lowest BCUT2D eigenvalue weighted by Crippen LogP contribution is -2.47. The summed E-state index contributed by atoms with van der Waals surface area (Å²) in [4.78, 5) is 37.7. The van der Waals surface area contributed by atoms with E-state index in [9.17, 15) is 19.0 Å². The number of esters is 1. The van der Waals surface area contributed by atoms with E-state index in [0.717, 1.165) is 83.5 Å². The number of rotatable bonds is 58. The number of hydrogen-bond donors (Lipinski definition) is 2. The molecule has 0 rings (SSSR count). The average Bonchev–Trinajstić information content (AvgIpc) is 3.38. The van der Waals surface area contributed by atoms with E-state index < -0.39 is 20.0 Å². The Labute approximate surface area is 471 Å². The fourth-order valence-electron chi connectivity index (χ4n) is 9.18. The normalized spacial score (nSPS) is 14.0. The Morgan fingerprint density at radius 2 is 0.803 bits per heavy atom. The summed E-state index contributed by atoms with van der Waals surface area (Å²) >= 11 is 0. The minimum absolute atomic E-state index is 0.0372. The molecular weight excluding hydrogens is 964 g/mol. The van der Waals surface area contributed by atoms with Gasteiger partial charge in [-0.25, -0.2) is 4.57 Å². The zero-order valence-corrected chi connectivity index (χ0v) is 51.6. The second-order valence-electron chi connectivity index (χ2n) is 22.9. The summed E-state index contributed by atoms with van der Waals surface area (Å²) in [6.45, 7) is 6.99. The van der Waals surface area contributed by atoms with Crippen LogP contribution in [0.5, 0.6) is 0 Å². The van der Waals surface area contributed by atoms with E-state index in [4.69, 9.17) is 13.8 Å². The lowest BCUT2D eigenvalue weighted by Gasteiger charge is -2.27. The van der Waals surface area contributed by atoms with Crippen LogP contribution in [0.3, 0.4) is 0 Å². The van der Waals surface area contributed by atoms with Crippen LogP contribution >= 0.6 is 7.82 Å². The molecule has 0 aliphatic rings. The Kier molecular flexibility index (Phi) is 54.3. The molecular formula is C66H124N2O7P+. The standard InChI is InChI=1S/C66H123N2O7P/c1-7-10-13-16-19-22-25-28-30-32-33-34-35-37-38-40-43-46-49-52-55-58-65(69)67-63(62-74-76(71,72)73-61-60-68(4,5)6)64(57-54-51-48-45-42-27-24-21-18-15-12-9-3)75-66(70)59-56-53-50-47-44-41-39-36-31-29-26-23-20-17-14-11-8-2/h19,22,28-31,33-34,54,57,63-64H,7-18,20-21,23-27,32,35-53,55-56,58-62H2,1-6H3,(H-,67,69,71,72)/p+1/b22-19-,30-28-,31-29+,34-33-,57-54-. The first-order chi connectivity index (χ1) is 36.9. The molecule has 76 heavy (non-hydrogen) atoms. The molecule has 0 fully saturated rings. The van der Waals surface area contributed by atoms with Crippen LogP contribution in [-0.2, 0) is 27.9 Å². The van der Waals surface area contributed by atoms with Crippen LogP contribution in [-0.4, -0.2) is 74.3 Å². The summed E-state index contributed by atoms with van der Waals surface area (Å²) in [7, 11) is 1.49. The molecule has 3 unspecified atom stereocenters. The fourth-order valence-corrected chi connectivity index (χ4v) is 9.91. The number of quaternary nitrogens is 1. The Balaban J connectivity index is 5.23. The molecule has 0 bridgehead atoms. The van der Waals surface area contributed by atoms with Crippen molar-refractivity contribution >= 4 is 19.7 Å². The molecule has 0 saturated heterocycles. The van der Waals surface area contributed by atoms with Crippen molar-refractivity contribution in [3.8, 4) is 0 Å². The molecule has 1 amide bonds. The third-order valence-corrected chi connectivity index (χ3v) is 15.2. The molecule has 10 heteroatoms. The van der Waals surface area contributed by atoms with Crippen LogP contribution in [0.4, 0.5) is 0 Å². The second kappa shape index (κ2) is 56.0. The van der Waals surface area contributed by atoms with Crippen LogP contribution in [0.25, 0.3) is 0 Å². The highest BCUT2D eigenvalue weighted by Gasteiger charge is 2.30. The number of nitrogens with zero attached hydrogens (tertiary/aromatic N) is 1. The maximum Gasteiger partial charge on any atom is 0.472 e. The number of allylic oxidation sites excluding steroid dienone is 9. The minimum Gasteiger partial charge on any atom is -0.456 e. The first-order valence-corrected chi connectivity index (χ1v) is 33.6. The number of ether oxygens (including phenoxy) is 1. The number of likely N-dealkylation sites (N-methyl/N-ethyl adjacent to an activating group) is 1. The lowest BCUT2D eigenvalue weighted by atomic mass is 10.0. The Morgan fingerprint density at radius 1 is 0.461 bits per heavy atom. The molecule has 0 spiro atoms. The van der Waals surface area contributed by atoms with Crippen molar-refractivity contribution < 1.29 is 37.3 Å². The molecule has 0 radical (unpaired) electrons. The van der Waals surface area contributed by atoms with Gasteiger partial charge < -0.3 is 19.4 Å². The van der Waals surface area contributed by atoms with E-state index in [1.54, 1.807) is 0 Å². The SMILES string of the molecule is CCCCC/C=C\C/C=C\C/C=C\CCCCCCCCCCC(=O)NC(COP(=O)(O)OCC[N+](C)(C)C)C(/C=C\CCCCCCCCCCCC)OC(=O)CCCCCCCCC/C=C/CCCCCCCC. The average molecular weight is 1090 g/mol. The van der Waals surface area contributed by atoms with Crippen molar-refractivity contribution in [1.82, 2.24) is 5.32 Å². The van der Waals surface area contributed by atoms with Crippen LogP contribution < -0.4 is 5.32 Å². The smallest absolute Gasteiger partial charge is 0.456 e. The van der Waals surface area contributed by atoms with Gasteiger partial charge in [0.1, 0.15) is 19.3 Å². The summed E-state index contributed by atoms with van der Waals surface area (Å²) in [6, 6.07) is -0.855. The van der Waals surface area contributed by atoms with Gasteiger partial charge in [0, 0.05) is 12.8 Å². The van der Waals surface area contributed by atoms with Gasteiger partial charge in [0.2, 0.25) is 5.91 Å². The van der Waals surface area contributed by atoms with Gasteiger partial charge in [-0.2, -0.15) is 0 Å². The van der Waals surface area contributed by atoms with Crippen molar-refractivity contribution in [3.05, 3.63) is 60.8 Å². The number of nitrogens with one attached hydrogen (secondary N) is 1. The summed E-state index contributed by atoms with van der Waals surface area (Å²) in [5.74, 6) is -0.512. The monoisotopic (exact) mass is 1090 g/mol. The van der Waals surface area contributed by atoms with Gasteiger partial charge in [0.05, 0.1) is 33.8 Å². The summed E-state index contributed by atoms with van der Waals surface area (Å²) < 4.78 is 30.7. The van der Waals surface area contributed by atoms with Crippen molar-refractivity contribution in [1.29, 1.82) is 0 Å². The zero-order chi connectivity index (χ0) is 55.7. The molecule has 444 valence electrons.